The van der Waals surface area contributed by atoms with E-state index in [-0.39, 0.29) is 12.0 Å². The minimum absolute atomic E-state index is 0.214. The molecule has 2 rings (SSSR count). The van der Waals surface area contributed by atoms with Crippen molar-refractivity contribution in [2.24, 2.45) is 0 Å². The van der Waals surface area contributed by atoms with Crippen molar-refractivity contribution in [1.29, 1.82) is 0 Å². The molecule has 6 nitrogen and oxygen atoms in total. The van der Waals surface area contributed by atoms with Crippen LogP contribution < -0.4 is 10.1 Å². The normalized spacial score (nSPS) is 11.5. The Morgan fingerprint density at radius 3 is 2.50 bits per heavy atom. The third-order valence-corrected chi connectivity index (χ3v) is 3.09. The van der Waals surface area contributed by atoms with Gasteiger partial charge in [0.15, 0.2) is 0 Å². The minimum Gasteiger partial charge on any atom is -0.481 e. The first kappa shape index (κ1) is 15.5. The van der Waals surface area contributed by atoms with Crippen molar-refractivity contribution in [2.45, 2.75) is 12.5 Å². The Bertz CT molecular complexity index is 641. The number of carboxylic acid groups (broad SMARTS) is 1. The molecular formula is C16H16N2O4. The summed E-state index contributed by atoms with van der Waals surface area (Å²) in [7, 11) is 1.47. The van der Waals surface area contributed by atoms with Gasteiger partial charge in [-0.1, -0.05) is 30.3 Å². The van der Waals surface area contributed by atoms with Gasteiger partial charge in [0.05, 0.1) is 12.7 Å². The third kappa shape index (κ3) is 4.05. The van der Waals surface area contributed by atoms with Crippen LogP contribution in [0, 0.1) is 0 Å². The molecule has 0 saturated carbocycles. The van der Waals surface area contributed by atoms with E-state index in [0.29, 0.717) is 5.88 Å². The van der Waals surface area contributed by atoms with Crippen LogP contribution in [-0.4, -0.2) is 35.1 Å². The van der Waals surface area contributed by atoms with Crippen molar-refractivity contribution in [3.05, 3.63) is 59.8 Å². The highest BCUT2D eigenvalue weighted by atomic mass is 16.5. The minimum atomic E-state index is -1.08. The molecule has 0 radical (unpaired) electrons. The lowest BCUT2D eigenvalue weighted by Crippen LogP contribution is -2.42. The van der Waals surface area contributed by atoms with E-state index >= 15 is 0 Å². The van der Waals surface area contributed by atoms with Gasteiger partial charge in [-0.05, 0) is 11.6 Å². The number of nitrogens with one attached hydrogen (secondary N) is 1. The number of amides is 1. The molecular weight excluding hydrogens is 284 g/mol. The van der Waals surface area contributed by atoms with Gasteiger partial charge in [0.2, 0.25) is 5.88 Å². The van der Waals surface area contributed by atoms with Crippen LogP contribution >= 0.6 is 0 Å². The Morgan fingerprint density at radius 2 is 1.95 bits per heavy atom. The number of hydrogen-bond donors (Lipinski definition) is 2. The molecule has 114 valence electrons. The zero-order chi connectivity index (χ0) is 15.9. The molecule has 2 aromatic rings. The van der Waals surface area contributed by atoms with Crippen molar-refractivity contribution in [3.63, 3.8) is 0 Å². The van der Waals surface area contributed by atoms with E-state index in [9.17, 15) is 14.7 Å². The number of methoxy groups -OCH3 is 1. The number of aliphatic carboxylic acids is 1. The van der Waals surface area contributed by atoms with Crippen LogP contribution in [0.25, 0.3) is 0 Å². The van der Waals surface area contributed by atoms with Crippen LogP contribution in [0.3, 0.4) is 0 Å². The lowest BCUT2D eigenvalue weighted by molar-refractivity contribution is -0.139. The smallest absolute Gasteiger partial charge is 0.326 e. The quantitative estimate of drug-likeness (QED) is 0.844. The summed E-state index contributed by atoms with van der Waals surface area (Å²) < 4.78 is 4.91. The molecule has 1 aromatic heterocycles. The fraction of sp³-hybridized carbons (Fsp3) is 0.188. The van der Waals surface area contributed by atoms with Gasteiger partial charge in [-0.15, -0.1) is 0 Å². The predicted molar refractivity (Wildman–Crippen MR) is 79.8 cm³/mol. The van der Waals surface area contributed by atoms with E-state index in [4.69, 9.17) is 4.74 Å². The van der Waals surface area contributed by atoms with Gasteiger partial charge in [-0.3, -0.25) is 4.79 Å². The molecule has 22 heavy (non-hydrogen) atoms. The zero-order valence-corrected chi connectivity index (χ0v) is 12.0. The molecule has 0 unspecified atom stereocenters. The molecule has 0 bridgehead atoms. The molecule has 0 fully saturated rings. The molecule has 1 atom stereocenters. The van der Waals surface area contributed by atoms with E-state index in [1.807, 2.05) is 30.3 Å². The van der Waals surface area contributed by atoms with Crippen LogP contribution in [0.1, 0.15) is 15.9 Å². The first-order valence-corrected chi connectivity index (χ1v) is 6.68. The second-order valence-electron chi connectivity index (χ2n) is 4.64. The predicted octanol–water partition coefficient (Wildman–Crippen LogP) is 1.52. The van der Waals surface area contributed by atoms with Gasteiger partial charge >= 0.3 is 5.97 Å². The number of aromatic nitrogens is 1. The van der Waals surface area contributed by atoms with Crippen LogP contribution in [0.2, 0.25) is 0 Å². The lowest BCUT2D eigenvalue weighted by Gasteiger charge is -2.14. The number of carbonyl (C=O) groups excluding carboxylic acids is 1. The Hall–Kier alpha value is -2.89. The van der Waals surface area contributed by atoms with Gasteiger partial charge in [0, 0.05) is 18.7 Å². The van der Waals surface area contributed by atoms with Crippen molar-refractivity contribution < 1.29 is 19.4 Å². The maximum absolute atomic E-state index is 12.1. The highest BCUT2D eigenvalue weighted by Crippen LogP contribution is 2.08. The van der Waals surface area contributed by atoms with Crippen molar-refractivity contribution in [1.82, 2.24) is 10.3 Å². The number of rotatable bonds is 6. The summed E-state index contributed by atoms with van der Waals surface area (Å²) >= 11 is 0. The van der Waals surface area contributed by atoms with E-state index in [2.05, 4.69) is 10.3 Å². The zero-order valence-electron chi connectivity index (χ0n) is 12.0. The van der Waals surface area contributed by atoms with Crippen molar-refractivity contribution in [3.8, 4) is 5.88 Å². The summed E-state index contributed by atoms with van der Waals surface area (Å²) in [6.45, 7) is 0. The number of hydrogen-bond acceptors (Lipinski definition) is 4. The van der Waals surface area contributed by atoms with Crippen LogP contribution in [0.4, 0.5) is 0 Å². The largest absolute Gasteiger partial charge is 0.481 e. The van der Waals surface area contributed by atoms with Crippen LogP contribution in [0.5, 0.6) is 5.88 Å². The molecule has 1 aromatic carbocycles. The van der Waals surface area contributed by atoms with Gasteiger partial charge < -0.3 is 15.2 Å². The molecule has 0 spiro atoms. The van der Waals surface area contributed by atoms with E-state index in [0.717, 1.165) is 5.56 Å². The first-order chi connectivity index (χ1) is 10.6. The Kier molecular flexibility index (Phi) is 5.08. The van der Waals surface area contributed by atoms with Crippen LogP contribution in [0.15, 0.2) is 48.7 Å². The lowest BCUT2D eigenvalue weighted by atomic mass is 10.1. The second kappa shape index (κ2) is 7.21. The molecule has 0 aliphatic heterocycles. The standard InChI is InChI=1S/C16H16N2O4/c1-22-14-8-7-12(10-17-14)15(19)18-13(16(20)21)9-11-5-3-2-4-6-11/h2-8,10,13H,9H2,1H3,(H,18,19)(H,20,21)/t13-/m0/s1. The van der Waals surface area contributed by atoms with E-state index < -0.39 is 17.9 Å². The van der Waals surface area contributed by atoms with Gasteiger partial charge in [-0.25, -0.2) is 9.78 Å². The summed E-state index contributed by atoms with van der Waals surface area (Å²) in [5, 5.41) is 11.8. The number of carboxylic acids is 1. The number of benzene rings is 1. The highest BCUT2D eigenvalue weighted by Gasteiger charge is 2.21. The summed E-state index contributed by atoms with van der Waals surface area (Å²) in [6, 6.07) is 11.2. The van der Waals surface area contributed by atoms with Gasteiger partial charge in [0.25, 0.3) is 5.91 Å². The average Bonchev–Trinajstić information content (AvgIpc) is 2.55. The van der Waals surface area contributed by atoms with E-state index in [1.165, 1.54) is 19.4 Å². The number of pyridine rings is 1. The topological polar surface area (TPSA) is 88.5 Å². The third-order valence-electron chi connectivity index (χ3n) is 3.09. The molecule has 0 aliphatic rings. The molecule has 6 heteroatoms. The van der Waals surface area contributed by atoms with Gasteiger partial charge in [-0.2, -0.15) is 0 Å². The Morgan fingerprint density at radius 1 is 1.23 bits per heavy atom. The monoisotopic (exact) mass is 300 g/mol. The molecule has 0 saturated heterocycles. The number of carbonyl (C=O) groups is 2. The van der Waals surface area contributed by atoms with E-state index in [1.54, 1.807) is 6.07 Å². The van der Waals surface area contributed by atoms with Crippen molar-refractivity contribution >= 4 is 11.9 Å². The molecule has 1 heterocycles. The van der Waals surface area contributed by atoms with Crippen LogP contribution in [-0.2, 0) is 11.2 Å². The number of nitrogens with zero attached hydrogens (tertiary/aromatic N) is 1. The summed E-state index contributed by atoms with van der Waals surface area (Å²) in [4.78, 5) is 27.3. The molecule has 0 aliphatic carbocycles. The first-order valence-electron chi connectivity index (χ1n) is 6.68. The van der Waals surface area contributed by atoms with Gasteiger partial charge in [0.1, 0.15) is 6.04 Å². The summed E-state index contributed by atoms with van der Waals surface area (Å²) in [5.74, 6) is -1.19. The molecule has 2 N–H and O–H groups in total. The maximum Gasteiger partial charge on any atom is 0.326 e. The SMILES string of the molecule is COc1ccc(C(=O)N[C@@H](Cc2ccccc2)C(=O)O)cn1. The van der Waals surface area contributed by atoms with Crippen molar-refractivity contribution in [2.75, 3.05) is 7.11 Å². The Balaban J connectivity index is 2.06. The summed E-state index contributed by atoms with van der Waals surface area (Å²) in [6.07, 6.45) is 1.56. The summed E-state index contributed by atoms with van der Waals surface area (Å²) in [5.41, 5.74) is 1.11. The highest BCUT2D eigenvalue weighted by molar-refractivity contribution is 5.96. The Labute approximate surface area is 127 Å². The fourth-order valence-corrected chi connectivity index (χ4v) is 1.93. The maximum atomic E-state index is 12.1. The fourth-order valence-electron chi connectivity index (χ4n) is 1.93. The molecule has 1 amide bonds. The average molecular weight is 300 g/mol. The number of ether oxygens (including phenoxy) is 1. The second-order valence-corrected chi connectivity index (χ2v) is 4.64.